The molecule has 142 valence electrons. The van der Waals surface area contributed by atoms with Crippen molar-refractivity contribution in [3.05, 3.63) is 53.3 Å². The highest BCUT2D eigenvalue weighted by molar-refractivity contribution is 7.91. The van der Waals surface area contributed by atoms with Crippen molar-refractivity contribution in [3.8, 4) is 11.3 Å². The monoisotopic (exact) mass is 423 g/mol. The molecule has 1 fully saturated rings. The molecule has 27 heavy (non-hydrogen) atoms. The van der Waals surface area contributed by atoms with Crippen molar-refractivity contribution in [2.45, 2.75) is 10.9 Å². The van der Waals surface area contributed by atoms with Crippen LogP contribution in [0.4, 0.5) is 0 Å². The van der Waals surface area contributed by atoms with Gasteiger partial charge in [-0.25, -0.2) is 8.42 Å². The van der Waals surface area contributed by atoms with Gasteiger partial charge >= 0.3 is 0 Å². The van der Waals surface area contributed by atoms with Gasteiger partial charge in [0, 0.05) is 50.3 Å². The molecular formula is C17H18ClN5O2S2. The summed E-state index contributed by atoms with van der Waals surface area (Å²) in [4.78, 5) is 6.35. The van der Waals surface area contributed by atoms with Crippen LogP contribution in [0.1, 0.15) is 0 Å². The van der Waals surface area contributed by atoms with Crippen molar-refractivity contribution in [2.24, 2.45) is 0 Å². The molecule has 7 nitrogen and oxygen atoms in total. The van der Waals surface area contributed by atoms with Gasteiger partial charge in [0.2, 0.25) is 0 Å². The molecule has 3 aromatic rings. The Labute approximate surface area is 166 Å². The molecule has 0 bridgehead atoms. The first kappa shape index (κ1) is 18.6. The van der Waals surface area contributed by atoms with Crippen LogP contribution in [0, 0.1) is 0 Å². The second-order valence-corrected chi connectivity index (χ2v) is 10.1. The van der Waals surface area contributed by atoms with E-state index in [0.717, 1.165) is 22.6 Å². The standard InChI is InChI=1S/C17H18ClN5O2S2/c18-16-3-4-17(26-16)27(24,25)22-10-8-21(9-11-22)13-23-15(5-7-20-23)14-2-1-6-19-12-14/h1-7,12H,8-11,13H2. The molecule has 10 heteroatoms. The molecule has 3 aromatic heterocycles. The number of halogens is 1. The van der Waals surface area contributed by atoms with Crippen LogP contribution in [-0.4, -0.2) is 58.6 Å². The lowest BCUT2D eigenvalue weighted by Gasteiger charge is -2.33. The van der Waals surface area contributed by atoms with E-state index in [1.54, 1.807) is 24.5 Å². The molecule has 0 saturated carbocycles. The number of piperazine rings is 1. The quantitative estimate of drug-likeness (QED) is 0.630. The molecule has 4 rings (SSSR count). The van der Waals surface area contributed by atoms with Crippen LogP contribution in [0.15, 0.2) is 53.1 Å². The zero-order valence-electron chi connectivity index (χ0n) is 14.4. The summed E-state index contributed by atoms with van der Waals surface area (Å²) in [6, 6.07) is 9.04. The van der Waals surface area contributed by atoms with E-state index in [4.69, 9.17) is 11.6 Å². The van der Waals surface area contributed by atoms with Gasteiger partial charge in [-0.05, 0) is 30.3 Å². The number of nitrogens with zero attached hydrogens (tertiary/aromatic N) is 5. The summed E-state index contributed by atoms with van der Waals surface area (Å²) in [7, 11) is -3.47. The lowest BCUT2D eigenvalue weighted by atomic mass is 10.2. The lowest BCUT2D eigenvalue weighted by Crippen LogP contribution is -2.48. The smallest absolute Gasteiger partial charge is 0.252 e. The molecule has 0 radical (unpaired) electrons. The Morgan fingerprint density at radius 3 is 2.56 bits per heavy atom. The third-order valence-corrected chi connectivity index (χ3v) is 8.08. The number of thiophene rings is 1. The van der Waals surface area contributed by atoms with Gasteiger partial charge in [0.15, 0.2) is 0 Å². The van der Waals surface area contributed by atoms with Gasteiger partial charge in [-0.1, -0.05) is 11.6 Å². The molecule has 0 N–H and O–H groups in total. The van der Waals surface area contributed by atoms with E-state index in [9.17, 15) is 8.42 Å². The molecule has 0 aliphatic carbocycles. The maximum Gasteiger partial charge on any atom is 0.252 e. The number of aromatic nitrogens is 3. The van der Waals surface area contributed by atoms with Crippen LogP contribution in [0.2, 0.25) is 4.34 Å². The fourth-order valence-electron chi connectivity index (χ4n) is 3.07. The van der Waals surface area contributed by atoms with E-state index in [1.165, 1.54) is 4.31 Å². The Morgan fingerprint density at radius 2 is 1.89 bits per heavy atom. The topological polar surface area (TPSA) is 71.3 Å². The van der Waals surface area contributed by atoms with Crippen LogP contribution in [0.25, 0.3) is 11.3 Å². The van der Waals surface area contributed by atoms with Crippen LogP contribution >= 0.6 is 22.9 Å². The molecule has 1 aliphatic heterocycles. The second kappa shape index (κ2) is 7.69. The van der Waals surface area contributed by atoms with Gasteiger partial charge in [-0.15, -0.1) is 11.3 Å². The summed E-state index contributed by atoms with van der Waals surface area (Å²) in [6.07, 6.45) is 5.32. The number of hydrogen-bond donors (Lipinski definition) is 0. The first-order valence-corrected chi connectivity index (χ1v) is 11.1. The molecule has 0 amide bonds. The Kier molecular flexibility index (Phi) is 5.29. The number of pyridine rings is 1. The lowest BCUT2D eigenvalue weighted by molar-refractivity contribution is 0.147. The van der Waals surface area contributed by atoms with E-state index in [-0.39, 0.29) is 0 Å². The maximum absolute atomic E-state index is 12.7. The predicted octanol–water partition coefficient (Wildman–Crippen LogP) is 2.62. The third kappa shape index (κ3) is 3.92. The first-order chi connectivity index (χ1) is 13.0. The molecule has 0 aromatic carbocycles. The Hall–Kier alpha value is -1.78. The third-order valence-electron chi connectivity index (χ3n) is 4.48. The van der Waals surface area contributed by atoms with Crippen LogP contribution < -0.4 is 0 Å². The van der Waals surface area contributed by atoms with Crippen molar-refractivity contribution >= 4 is 33.0 Å². The van der Waals surface area contributed by atoms with Crippen LogP contribution in [-0.2, 0) is 16.7 Å². The van der Waals surface area contributed by atoms with E-state index in [2.05, 4.69) is 15.0 Å². The van der Waals surface area contributed by atoms with Crippen LogP contribution in [0.5, 0.6) is 0 Å². The van der Waals surface area contributed by atoms with E-state index in [1.807, 2.05) is 29.1 Å². The van der Waals surface area contributed by atoms with Gasteiger partial charge in [0.25, 0.3) is 10.0 Å². The average molecular weight is 424 g/mol. The zero-order chi connectivity index (χ0) is 18.9. The molecular weight excluding hydrogens is 406 g/mol. The van der Waals surface area contributed by atoms with Gasteiger partial charge in [-0.3, -0.25) is 14.6 Å². The SMILES string of the molecule is O=S(=O)(c1ccc(Cl)s1)N1CCN(Cn2nccc2-c2cccnc2)CC1. The summed E-state index contributed by atoms with van der Waals surface area (Å²) in [6.45, 7) is 2.79. The van der Waals surface area contributed by atoms with Gasteiger partial charge in [-0.2, -0.15) is 9.40 Å². The molecule has 0 atom stereocenters. The molecule has 0 spiro atoms. The maximum atomic E-state index is 12.7. The zero-order valence-corrected chi connectivity index (χ0v) is 16.8. The highest BCUT2D eigenvalue weighted by Crippen LogP contribution is 2.28. The van der Waals surface area contributed by atoms with Crippen molar-refractivity contribution in [2.75, 3.05) is 26.2 Å². The fourth-order valence-corrected chi connectivity index (χ4v) is 6.13. The van der Waals surface area contributed by atoms with Crippen molar-refractivity contribution in [1.82, 2.24) is 24.0 Å². The van der Waals surface area contributed by atoms with Crippen molar-refractivity contribution in [1.29, 1.82) is 0 Å². The number of hydrogen-bond acceptors (Lipinski definition) is 6. The minimum absolute atomic E-state index is 0.298. The highest BCUT2D eigenvalue weighted by atomic mass is 35.5. The fraction of sp³-hybridized carbons (Fsp3) is 0.294. The first-order valence-electron chi connectivity index (χ1n) is 8.44. The minimum Gasteiger partial charge on any atom is -0.282 e. The Balaban J connectivity index is 1.42. The second-order valence-electron chi connectivity index (χ2n) is 6.18. The largest absolute Gasteiger partial charge is 0.282 e. The van der Waals surface area contributed by atoms with Crippen LogP contribution in [0.3, 0.4) is 0 Å². The van der Waals surface area contributed by atoms with Crippen molar-refractivity contribution < 1.29 is 8.42 Å². The van der Waals surface area contributed by atoms with Gasteiger partial charge in [0.05, 0.1) is 16.7 Å². The van der Waals surface area contributed by atoms with Gasteiger partial charge < -0.3 is 0 Å². The van der Waals surface area contributed by atoms with E-state index < -0.39 is 10.0 Å². The summed E-state index contributed by atoms with van der Waals surface area (Å²) < 4.78 is 29.6. The Bertz CT molecular complexity index is 1010. The van der Waals surface area contributed by atoms with Crippen molar-refractivity contribution in [3.63, 3.8) is 0 Å². The van der Waals surface area contributed by atoms with Gasteiger partial charge in [0.1, 0.15) is 4.21 Å². The molecule has 1 aliphatic rings. The normalized spacial score (nSPS) is 16.6. The summed E-state index contributed by atoms with van der Waals surface area (Å²) >= 11 is 6.98. The minimum atomic E-state index is -3.47. The van der Waals surface area contributed by atoms with E-state index >= 15 is 0 Å². The molecule has 0 unspecified atom stereocenters. The highest BCUT2D eigenvalue weighted by Gasteiger charge is 2.29. The summed E-state index contributed by atoms with van der Waals surface area (Å²) in [5.41, 5.74) is 2.00. The molecule has 1 saturated heterocycles. The summed E-state index contributed by atoms with van der Waals surface area (Å²) in [5.74, 6) is 0. The number of sulfonamides is 1. The predicted molar refractivity (Wildman–Crippen MR) is 105 cm³/mol. The summed E-state index contributed by atoms with van der Waals surface area (Å²) in [5, 5.41) is 4.41. The Morgan fingerprint density at radius 1 is 1.07 bits per heavy atom. The average Bonchev–Trinajstić information content (AvgIpc) is 3.32. The van der Waals surface area contributed by atoms with E-state index in [0.29, 0.717) is 41.4 Å². The molecule has 4 heterocycles. The number of rotatable bonds is 5.